The molecular weight excluding hydrogens is 332 g/mol. The minimum absolute atomic E-state index is 0.142. The van der Waals surface area contributed by atoms with Gasteiger partial charge in [-0.15, -0.1) is 10.2 Å². The highest BCUT2D eigenvalue weighted by atomic mass is 32.2. The number of benzene rings is 1. The second-order valence-electron chi connectivity index (χ2n) is 7.17. The summed E-state index contributed by atoms with van der Waals surface area (Å²) in [5.74, 6) is 1.52. The van der Waals surface area contributed by atoms with Crippen LogP contribution in [0.5, 0.6) is 0 Å². The fourth-order valence-corrected chi connectivity index (χ4v) is 3.23. The predicted molar refractivity (Wildman–Crippen MR) is 101 cm³/mol. The quantitative estimate of drug-likeness (QED) is 0.481. The molecule has 0 radical (unpaired) electrons. The van der Waals surface area contributed by atoms with Gasteiger partial charge in [0.2, 0.25) is 5.89 Å². The molecule has 5 nitrogen and oxygen atoms in total. The summed E-state index contributed by atoms with van der Waals surface area (Å²) in [6.07, 6.45) is 6.03. The molecule has 0 aliphatic rings. The summed E-state index contributed by atoms with van der Waals surface area (Å²) in [5.41, 5.74) is 3.65. The van der Waals surface area contributed by atoms with E-state index in [2.05, 4.69) is 54.4 Å². The van der Waals surface area contributed by atoms with Gasteiger partial charge in [0.05, 0.1) is 6.20 Å². The van der Waals surface area contributed by atoms with Gasteiger partial charge in [0.15, 0.2) is 0 Å². The number of aryl methyl sites for hydroxylation is 2. The van der Waals surface area contributed by atoms with Crippen LogP contribution in [0, 0.1) is 0 Å². The zero-order chi connectivity index (χ0) is 17.9. The van der Waals surface area contributed by atoms with Crippen molar-refractivity contribution in [2.24, 2.45) is 7.05 Å². The van der Waals surface area contributed by atoms with Crippen LogP contribution in [0.1, 0.15) is 38.3 Å². The van der Waals surface area contributed by atoms with Gasteiger partial charge in [0, 0.05) is 24.6 Å². The van der Waals surface area contributed by atoms with Crippen molar-refractivity contribution in [1.29, 1.82) is 0 Å². The molecule has 0 aliphatic carbocycles. The minimum Gasteiger partial charge on any atom is -0.411 e. The lowest BCUT2D eigenvalue weighted by Crippen LogP contribution is -2.10. The molecule has 0 N–H and O–H groups in total. The van der Waals surface area contributed by atoms with Crippen molar-refractivity contribution < 1.29 is 4.42 Å². The predicted octanol–water partition coefficient (Wildman–Crippen LogP) is 4.49. The second-order valence-corrected chi connectivity index (χ2v) is 8.22. The summed E-state index contributed by atoms with van der Waals surface area (Å²) < 4.78 is 7.61. The number of hydrogen-bond donors (Lipinski definition) is 0. The Kier molecular flexibility index (Phi) is 5.27. The maximum Gasteiger partial charge on any atom is 0.276 e. The van der Waals surface area contributed by atoms with Crippen LogP contribution in [0.25, 0.3) is 11.5 Å². The van der Waals surface area contributed by atoms with E-state index in [1.165, 1.54) is 11.1 Å². The molecule has 0 aliphatic heterocycles. The molecule has 2 heterocycles. The van der Waals surface area contributed by atoms with Crippen LogP contribution in [-0.4, -0.2) is 25.7 Å². The fourth-order valence-electron chi connectivity index (χ4n) is 2.53. The average Bonchev–Trinajstić information content (AvgIpc) is 3.20. The average molecular weight is 356 g/mol. The molecule has 3 aromatic rings. The fraction of sp³-hybridized carbons (Fsp3) is 0.421. The molecule has 25 heavy (non-hydrogen) atoms. The number of aromatic nitrogens is 4. The topological polar surface area (TPSA) is 56.7 Å². The largest absolute Gasteiger partial charge is 0.411 e. The first-order chi connectivity index (χ1) is 11.9. The molecule has 0 fully saturated rings. The molecular formula is C19H24N4OS. The van der Waals surface area contributed by atoms with Gasteiger partial charge >= 0.3 is 0 Å². The van der Waals surface area contributed by atoms with Crippen LogP contribution < -0.4 is 0 Å². The van der Waals surface area contributed by atoms with Crippen LogP contribution in [0.15, 0.2) is 46.3 Å². The molecule has 1 aromatic carbocycles. The first-order valence-corrected chi connectivity index (χ1v) is 9.45. The summed E-state index contributed by atoms with van der Waals surface area (Å²) in [7, 11) is 1.94. The summed E-state index contributed by atoms with van der Waals surface area (Å²) in [5, 5.41) is 13.1. The highest BCUT2D eigenvalue weighted by Crippen LogP contribution is 2.27. The van der Waals surface area contributed by atoms with Crippen LogP contribution in [0.3, 0.4) is 0 Å². The van der Waals surface area contributed by atoms with E-state index < -0.39 is 0 Å². The van der Waals surface area contributed by atoms with Crippen molar-refractivity contribution in [1.82, 2.24) is 20.0 Å². The number of nitrogens with zero attached hydrogens (tertiary/aromatic N) is 4. The molecule has 132 valence electrons. The van der Waals surface area contributed by atoms with Gasteiger partial charge in [-0.1, -0.05) is 44.7 Å². The van der Waals surface area contributed by atoms with Crippen molar-refractivity contribution in [3.63, 3.8) is 0 Å². The van der Waals surface area contributed by atoms with Crippen LogP contribution in [0.2, 0.25) is 0 Å². The molecule has 3 rings (SSSR count). The number of thioether (sulfide) groups is 1. The van der Waals surface area contributed by atoms with Gasteiger partial charge in [-0.3, -0.25) is 4.68 Å². The van der Waals surface area contributed by atoms with Crippen molar-refractivity contribution in [2.75, 3.05) is 5.75 Å². The Morgan fingerprint density at radius 3 is 2.52 bits per heavy atom. The smallest absolute Gasteiger partial charge is 0.276 e. The summed E-state index contributed by atoms with van der Waals surface area (Å²) in [4.78, 5) is 0. The van der Waals surface area contributed by atoms with Gasteiger partial charge in [-0.05, 0) is 41.5 Å². The molecule has 6 heteroatoms. The summed E-state index contributed by atoms with van der Waals surface area (Å²) in [6.45, 7) is 6.61. The van der Waals surface area contributed by atoms with Gasteiger partial charge in [0.1, 0.15) is 0 Å². The highest BCUT2D eigenvalue weighted by Gasteiger charge is 2.14. The third kappa shape index (κ3) is 4.72. The zero-order valence-corrected chi connectivity index (χ0v) is 16.0. The van der Waals surface area contributed by atoms with Crippen LogP contribution in [0.4, 0.5) is 0 Å². The lowest BCUT2D eigenvalue weighted by atomic mass is 9.87. The van der Waals surface area contributed by atoms with Crippen molar-refractivity contribution in [3.05, 3.63) is 47.8 Å². The Bertz CT molecular complexity index is 815. The lowest BCUT2D eigenvalue weighted by Gasteiger charge is -2.18. The second kappa shape index (κ2) is 7.44. The summed E-state index contributed by atoms with van der Waals surface area (Å²) in [6, 6.07) is 8.34. The van der Waals surface area contributed by atoms with E-state index in [9.17, 15) is 0 Å². The molecule has 0 amide bonds. The van der Waals surface area contributed by atoms with Gasteiger partial charge in [0.25, 0.3) is 5.22 Å². The Labute approximate surface area is 152 Å². The lowest BCUT2D eigenvalue weighted by molar-refractivity contribution is 0.465. The molecule has 0 bridgehead atoms. The molecule has 0 saturated heterocycles. The standard InChI is InChI=1S/C19H24N4OS/c1-19(2,3)16-9-7-15(8-10-16)17-21-22-18(24-17)25-11-5-6-14-12-20-23(4)13-14/h7-10,12-13H,5-6,11H2,1-4H3. The van der Waals surface area contributed by atoms with Gasteiger partial charge in [-0.2, -0.15) is 5.10 Å². The maximum atomic E-state index is 5.78. The SMILES string of the molecule is Cn1cc(CCCSc2nnc(-c3ccc(C(C)(C)C)cc3)o2)cn1. The Morgan fingerprint density at radius 1 is 1.12 bits per heavy atom. The molecule has 0 unspecified atom stereocenters. The van der Waals surface area contributed by atoms with Gasteiger partial charge in [-0.25, -0.2) is 0 Å². The number of rotatable bonds is 6. The number of hydrogen-bond acceptors (Lipinski definition) is 5. The Morgan fingerprint density at radius 2 is 1.88 bits per heavy atom. The monoisotopic (exact) mass is 356 g/mol. The van der Waals surface area contributed by atoms with Gasteiger partial charge < -0.3 is 4.42 Å². The zero-order valence-electron chi connectivity index (χ0n) is 15.2. The molecule has 0 saturated carbocycles. The molecule has 0 spiro atoms. The van der Waals surface area contributed by atoms with E-state index in [0.29, 0.717) is 11.1 Å². The highest BCUT2D eigenvalue weighted by molar-refractivity contribution is 7.99. The summed E-state index contributed by atoms with van der Waals surface area (Å²) >= 11 is 1.60. The van der Waals surface area contributed by atoms with E-state index in [0.717, 1.165) is 24.2 Å². The molecule has 2 aromatic heterocycles. The Hall–Kier alpha value is -2.08. The van der Waals surface area contributed by atoms with Crippen molar-refractivity contribution in [2.45, 2.75) is 44.3 Å². The first kappa shape index (κ1) is 17.7. The van der Waals surface area contributed by atoms with Crippen LogP contribution >= 0.6 is 11.8 Å². The third-order valence-corrected chi connectivity index (χ3v) is 4.90. The maximum absolute atomic E-state index is 5.78. The first-order valence-electron chi connectivity index (χ1n) is 8.46. The van der Waals surface area contributed by atoms with Crippen molar-refractivity contribution in [3.8, 4) is 11.5 Å². The van der Waals surface area contributed by atoms with Crippen molar-refractivity contribution >= 4 is 11.8 Å². The van der Waals surface area contributed by atoms with E-state index in [4.69, 9.17) is 4.42 Å². The van der Waals surface area contributed by atoms with E-state index in [1.54, 1.807) is 11.8 Å². The minimum atomic E-state index is 0.142. The molecule has 0 atom stereocenters. The third-order valence-electron chi connectivity index (χ3n) is 4.00. The normalized spacial score (nSPS) is 11.8. The van der Waals surface area contributed by atoms with E-state index in [1.807, 2.05) is 30.1 Å². The van der Waals surface area contributed by atoms with E-state index >= 15 is 0 Å². The van der Waals surface area contributed by atoms with E-state index in [-0.39, 0.29) is 5.41 Å². The Balaban J connectivity index is 1.53. The van der Waals surface area contributed by atoms with Crippen LogP contribution in [-0.2, 0) is 18.9 Å².